The Morgan fingerprint density at radius 2 is 2.04 bits per heavy atom. The lowest BCUT2D eigenvalue weighted by Crippen LogP contribution is -2.17. The van der Waals surface area contributed by atoms with Gasteiger partial charge in [-0.1, -0.05) is 11.6 Å². The van der Waals surface area contributed by atoms with E-state index in [2.05, 4.69) is 5.10 Å². The van der Waals surface area contributed by atoms with Crippen molar-refractivity contribution >= 4 is 22.6 Å². The van der Waals surface area contributed by atoms with Gasteiger partial charge >= 0.3 is 11.4 Å². The minimum atomic E-state index is -0.661. The minimum absolute atomic E-state index is 0.0323. The predicted octanol–water partition coefficient (Wildman–Crippen LogP) is 3.21. The highest BCUT2D eigenvalue weighted by Crippen LogP contribution is 2.25. The lowest BCUT2D eigenvalue weighted by Gasteiger charge is -2.06. The molecule has 0 amide bonds. The number of hydrogen-bond acceptors (Lipinski definition) is 6. The Balaban J connectivity index is 1.82. The fraction of sp³-hybridized carbons (Fsp3) is 0.118. The number of aryl methyl sites for hydroxylation is 1. The van der Waals surface area contributed by atoms with Crippen LogP contribution in [0.4, 0.5) is 0 Å². The Kier molecular flexibility index (Phi) is 3.58. The third kappa shape index (κ3) is 2.78. The predicted molar refractivity (Wildman–Crippen MR) is 89.8 cm³/mol. The van der Waals surface area contributed by atoms with Crippen LogP contribution < -0.4 is 11.4 Å². The molecule has 0 fully saturated rings. The van der Waals surface area contributed by atoms with E-state index in [1.54, 1.807) is 24.3 Å². The van der Waals surface area contributed by atoms with E-state index in [9.17, 15) is 9.59 Å². The van der Waals surface area contributed by atoms with Gasteiger partial charge in [0, 0.05) is 16.5 Å². The molecule has 4 aromatic rings. The summed E-state index contributed by atoms with van der Waals surface area (Å²) in [7, 11) is 0. The largest absolute Gasteiger partial charge is 0.459 e. The van der Waals surface area contributed by atoms with E-state index in [1.807, 2.05) is 6.92 Å². The second-order valence-electron chi connectivity index (χ2n) is 5.50. The van der Waals surface area contributed by atoms with Crippen molar-refractivity contribution in [3.05, 3.63) is 73.7 Å². The molecule has 0 aliphatic heterocycles. The highest BCUT2D eigenvalue weighted by Gasteiger charge is 2.15. The van der Waals surface area contributed by atoms with Crippen LogP contribution in [0, 0.1) is 6.92 Å². The normalized spacial score (nSPS) is 11.3. The molecule has 0 radical (unpaired) electrons. The molecule has 0 unspecified atom stereocenters. The van der Waals surface area contributed by atoms with Gasteiger partial charge in [-0.2, -0.15) is 4.68 Å². The van der Waals surface area contributed by atoms with Gasteiger partial charge in [-0.15, -0.1) is 5.10 Å². The first kappa shape index (κ1) is 15.5. The molecule has 0 atom stereocenters. The summed E-state index contributed by atoms with van der Waals surface area (Å²) >= 11 is 6.17. The van der Waals surface area contributed by atoms with Crippen LogP contribution in [0.5, 0.6) is 0 Å². The summed E-state index contributed by atoms with van der Waals surface area (Å²) in [6.07, 6.45) is 1.45. The molecule has 0 bridgehead atoms. The third-order valence-electron chi connectivity index (χ3n) is 3.77. The summed E-state index contributed by atoms with van der Waals surface area (Å²) in [5, 5.41) is 5.27. The van der Waals surface area contributed by atoms with Gasteiger partial charge in [-0.25, -0.2) is 9.59 Å². The first-order chi connectivity index (χ1) is 12.0. The minimum Gasteiger partial charge on any atom is -0.459 e. The van der Waals surface area contributed by atoms with E-state index in [0.717, 1.165) is 10.2 Å². The average molecular weight is 359 g/mol. The number of rotatable bonds is 3. The third-order valence-corrected chi connectivity index (χ3v) is 4.17. The smallest absolute Gasteiger partial charge is 0.437 e. The van der Waals surface area contributed by atoms with Crippen LogP contribution in [-0.2, 0) is 6.54 Å². The van der Waals surface area contributed by atoms with Gasteiger partial charge in [-0.3, -0.25) is 0 Å². The molecule has 0 aliphatic carbocycles. The van der Waals surface area contributed by atoms with E-state index in [1.165, 1.54) is 12.3 Å². The average Bonchev–Trinajstić information content (AvgIpc) is 3.20. The van der Waals surface area contributed by atoms with Crippen LogP contribution in [0.3, 0.4) is 0 Å². The van der Waals surface area contributed by atoms with Gasteiger partial charge in [0.2, 0.25) is 0 Å². The molecule has 0 saturated carbocycles. The summed E-state index contributed by atoms with van der Waals surface area (Å²) in [4.78, 5) is 23.9. The maximum absolute atomic E-state index is 12.0. The highest BCUT2D eigenvalue weighted by molar-refractivity contribution is 6.32. The second-order valence-corrected chi connectivity index (χ2v) is 5.90. The molecule has 3 heterocycles. The van der Waals surface area contributed by atoms with Crippen molar-refractivity contribution in [2.24, 2.45) is 0 Å². The molecule has 0 N–H and O–H groups in total. The SMILES string of the molecule is Cc1cc2oc(=O)cc(Cn3nc(-c4ccco4)oc3=O)c2cc1Cl. The van der Waals surface area contributed by atoms with Crippen molar-refractivity contribution in [2.75, 3.05) is 0 Å². The molecular formula is C17H11ClN2O5. The van der Waals surface area contributed by atoms with E-state index >= 15 is 0 Å². The summed E-state index contributed by atoms with van der Waals surface area (Å²) in [5.41, 5.74) is 1.21. The Morgan fingerprint density at radius 1 is 1.20 bits per heavy atom. The topological polar surface area (TPSA) is 91.4 Å². The first-order valence-corrected chi connectivity index (χ1v) is 7.74. The Bertz CT molecular complexity index is 1180. The van der Waals surface area contributed by atoms with Gasteiger partial charge in [0.1, 0.15) is 5.58 Å². The monoisotopic (exact) mass is 358 g/mol. The van der Waals surface area contributed by atoms with Crippen LogP contribution in [-0.4, -0.2) is 9.78 Å². The number of furan rings is 1. The van der Waals surface area contributed by atoms with Crippen LogP contribution in [0.2, 0.25) is 5.02 Å². The number of halogens is 1. The van der Waals surface area contributed by atoms with Crippen LogP contribution in [0.25, 0.3) is 22.6 Å². The lowest BCUT2D eigenvalue weighted by atomic mass is 10.1. The summed E-state index contributed by atoms with van der Waals surface area (Å²) < 4.78 is 16.6. The molecule has 8 heteroatoms. The van der Waals surface area contributed by atoms with Crippen molar-refractivity contribution in [1.82, 2.24) is 9.78 Å². The number of aromatic nitrogens is 2. The molecule has 7 nitrogen and oxygen atoms in total. The molecule has 0 aliphatic rings. The molecule has 25 heavy (non-hydrogen) atoms. The van der Waals surface area contributed by atoms with Crippen LogP contribution in [0.1, 0.15) is 11.1 Å². The molecule has 0 spiro atoms. The summed E-state index contributed by atoms with van der Waals surface area (Å²) in [5.74, 6) is -0.255. The standard InChI is InChI=1S/C17H11ClN2O5/c1-9-5-14-11(7-12(9)18)10(6-15(21)24-14)8-20-17(22)25-16(19-20)13-3-2-4-23-13/h2-7H,8H2,1H3. The number of benzene rings is 1. The van der Waals surface area contributed by atoms with Gasteiger partial charge < -0.3 is 13.3 Å². The Hall–Kier alpha value is -3.06. The number of fused-ring (bicyclic) bond motifs is 1. The maximum Gasteiger partial charge on any atom is 0.437 e. The van der Waals surface area contributed by atoms with Gasteiger partial charge in [0.15, 0.2) is 5.76 Å². The highest BCUT2D eigenvalue weighted by atomic mass is 35.5. The zero-order valence-electron chi connectivity index (χ0n) is 13.0. The molecular weight excluding hydrogens is 348 g/mol. The van der Waals surface area contributed by atoms with E-state index < -0.39 is 11.4 Å². The van der Waals surface area contributed by atoms with E-state index in [0.29, 0.717) is 27.3 Å². The Morgan fingerprint density at radius 3 is 2.80 bits per heavy atom. The lowest BCUT2D eigenvalue weighted by molar-refractivity contribution is 0.476. The molecule has 1 aromatic carbocycles. The summed E-state index contributed by atoms with van der Waals surface area (Å²) in [6.45, 7) is 1.84. The van der Waals surface area contributed by atoms with Gasteiger partial charge in [0.05, 0.1) is 12.8 Å². The van der Waals surface area contributed by atoms with Crippen molar-refractivity contribution < 1.29 is 13.3 Å². The van der Waals surface area contributed by atoms with Crippen molar-refractivity contribution in [3.8, 4) is 11.7 Å². The summed E-state index contributed by atoms with van der Waals surface area (Å²) in [6, 6.07) is 7.98. The zero-order chi connectivity index (χ0) is 17.6. The quantitative estimate of drug-likeness (QED) is 0.522. The second kappa shape index (κ2) is 5.78. The maximum atomic E-state index is 12.0. The zero-order valence-corrected chi connectivity index (χ0v) is 13.7. The van der Waals surface area contributed by atoms with E-state index in [4.69, 9.17) is 24.9 Å². The molecule has 4 rings (SSSR count). The molecule has 126 valence electrons. The molecule has 0 saturated heterocycles. The van der Waals surface area contributed by atoms with Gasteiger partial charge in [0.25, 0.3) is 5.89 Å². The van der Waals surface area contributed by atoms with Gasteiger partial charge in [-0.05, 0) is 42.3 Å². The van der Waals surface area contributed by atoms with Crippen molar-refractivity contribution in [1.29, 1.82) is 0 Å². The number of nitrogens with zero attached hydrogens (tertiary/aromatic N) is 2. The van der Waals surface area contributed by atoms with Crippen LogP contribution >= 0.6 is 11.6 Å². The Labute approximate surface area is 145 Å². The van der Waals surface area contributed by atoms with Crippen LogP contribution in [0.15, 0.2) is 59.4 Å². The fourth-order valence-electron chi connectivity index (χ4n) is 2.55. The molecule has 3 aromatic heterocycles. The van der Waals surface area contributed by atoms with Crippen molar-refractivity contribution in [3.63, 3.8) is 0 Å². The number of hydrogen-bond donors (Lipinski definition) is 0. The fourth-order valence-corrected chi connectivity index (χ4v) is 2.71. The van der Waals surface area contributed by atoms with E-state index in [-0.39, 0.29) is 12.4 Å². The van der Waals surface area contributed by atoms with Crippen molar-refractivity contribution in [2.45, 2.75) is 13.5 Å². The first-order valence-electron chi connectivity index (χ1n) is 7.36.